The molecule has 0 aromatic carbocycles. The predicted molar refractivity (Wildman–Crippen MR) is 50.2 cm³/mol. The topological polar surface area (TPSA) is 147 Å². The number of hydrogen-bond acceptors (Lipinski definition) is 5. The van der Waals surface area contributed by atoms with Crippen LogP contribution in [-0.2, 0) is 4.79 Å². The van der Waals surface area contributed by atoms with Gasteiger partial charge in [0.15, 0.2) is 0 Å². The summed E-state index contributed by atoms with van der Waals surface area (Å²) in [6, 6.07) is -0.833. The molecule has 0 spiro atoms. The van der Waals surface area contributed by atoms with Crippen LogP contribution in [0.2, 0.25) is 0 Å². The Hall–Kier alpha value is -1.44. The fourth-order valence-electron chi connectivity index (χ4n) is 0.0577. The number of rotatable bonds is 3. The average molecular weight is 208 g/mol. The number of aldehydes is 1. The van der Waals surface area contributed by atoms with Crippen LogP contribution in [0.1, 0.15) is 0 Å². The molecule has 0 aromatic rings. The number of carbonyl (C=O) groups is 2. The number of allylic oxidation sites excluding steroid dienone is 1. The van der Waals surface area contributed by atoms with E-state index in [0.29, 0.717) is 6.29 Å². The lowest BCUT2D eigenvalue weighted by Crippen LogP contribution is -2.18. The minimum Gasteiger partial charge on any atom is -0.394 e. The largest absolute Gasteiger partial charge is 0.394 e. The second kappa shape index (κ2) is 17.6. The summed E-state index contributed by atoms with van der Waals surface area (Å²) < 4.78 is 0. The zero-order valence-electron chi connectivity index (χ0n) is 7.67. The van der Waals surface area contributed by atoms with Crippen LogP contribution in [0, 0.1) is 0 Å². The van der Waals surface area contributed by atoms with Crippen LogP contribution >= 0.6 is 0 Å². The highest BCUT2D eigenvalue weighted by Crippen LogP contribution is 1.71. The highest BCUT2D eigenvalue weighted by atomic mass is 16.3. The fraction of sp³-hybridized carbons (Fsp3) is 0.429. The van der Waals surface area contributed by atoms with Crippen molar-refractivity contribution in [1.29, 1.82) is 0 Å². The summed E-state index contributed by atoms with van der Waals surface area (Å²) in [5.41, 5.74) is 8.50. The summed E-state index contributed by atoms with van der Waals surface area (Å²) >= 11 is 0. The van der Waals surface area contributed by atoms with Crippen LogP contribution in [0.3, 0.4) is 0 Å². The number of primary amides is 2. The molecule has 7 heteroatoms. The summed E-state index contributed by atoms with van der Waals surface area (Å²) in [5.74, 6) is 0. The first-order valence-electron chi connectivity index (χ1n) is 3.47. The Kier molecular flexibility index (Phi) is 23.1. The molecule has 0 bridgehead atoms. The molecule has 7 N–H and O–H groups in total. The normalized spacial score (nSPS) is 7.43. The van der Waals surface area contributed by atoms with Gasteiger partial charge in [-0.2, -0.15) is 0 Å². The first-order chi connectivity index (χ1) is 6.45. The molecule has 14 heavy (non-hydrogen) atoms. The van der Waals surface area contributed by atoms with Gasteiger partial charge in [0, 0.05) is 0 Å². The second-order valence-corrected chi connectivity index (χ2v) is 1.79. The van der Waals surface area contributed by atoms with Crippen molar-refractivity contribution in [3.63, 3.8) is 0 Å². The minimum absolute atomic E-state index is 0.365. The van der Waals surface area contributed by atoms with Gasteiger partial charge in [-0.25, -0.2) is 4.79 Å². The number of amides is 2. The van der Waals surface area contributed by atoms with Gasteiger partial charge in [0.05, 0.1) is 13.2 Å². The van der Waals surface area contributed by atoms with E-state index in [9.17, 15) is 0 Å². The number of hydrogen-bond donors (Lipinski definition) is 5. The second-order valence-electron chi connectivity index (χ2n) is 1.79. The maximum atomic E-state index is 9.06. The minimum atomic E-state index is -0.954. The smallest absolute Gasteiger partial charge is 0.309 e. The van der Waals surface area contributed by atoms with Crippen molar-refractivity contribution in [1.82, 2.24) is 0 Å². The number of urea groups is 1. The van der Waals surface area contributed by atoms with Gasteiger partial charge < -0.3 is 26.8 Å². The summed E-state index contributed by atoms with van der Waals surface area (Å²) in [4.78, 5) is 18.1. The van der Waals surface area contributed by atoms with Crippen LogP contribution in [0.15, 0.2) is 12.7 Å². The molecular weight excluding hydrogens is 192 g/mol. The van der Waals surface area contributed by atoms with E-state index in [4.69, 9.17) is 24.9 Å². The third-order valence-corrected chi connectivity index (χ3v) is 0.518. The van der Waals surface area contributed by atoms with E-state index in [-0.39, 0.29) is 13.2 Å². The molecule has 0 saturated heterocycles. The number of aliphatic hydroxyl groups excluding tert-OH is 3. The molecule has 84 valence electrons. The maximum Gasteiger partial charge on any atom is 0.309 e. The molecule has 2 amide bonds. The van der Waals surface area contributed by atoms with Crippen LogP contribution in [0.4, 0.5) is 4.79 Å². The molecule has 0 fully saturated rings. The van der Waals surface area contributed by atoms with E-state index < -0.39 is 12.1 Å². The van der Waals surface area contributed by atoms with Gasteiger partial charge in [0.25, 0.3) is 0 Å². The molecule has 0 radical (unpaired) electrons. The predicted octanol–water partition coefficient (Wildman–Crippen LogP) is -2.27. The Morgan fingerprint density at radius 3 is 1.57 bits per heavy atom. The molecular formula is C7H16N2O5. The van der Waals surface area contributed by atoms with E-state index in [1.54, 1.807) is 0 Å². The molecule has 0 rings (SSSR count). The average Bonchev–Trinajstić information content (AvgIpc) is 2.16. The van der Waals surface area contributed by atoms with Crippen LogP contribution in [0.5, 0.6) is 0 Å². The number of carbonyl (C=O) groups excluding carboxylic acids is 2. The number of nitrogens with two attached hydrogens (primary N) is 2. The van der Waals surface area contributed by atoms with Gasteiger partial charge in [-0.1, -0.05) is 6.58 Å². The van der Waals surface area contributed by atoms with E-state index in [1.165, 1.54) is 6.08 Å². The highest BCUT2D eigenvalue weighted by Gasteiger charge is 1.93. The van der Waals surface area contributed by atoms with Crippen LogP contribution < -0.4 is 11.5 Å². The lowest BCUT2D eigenvalue weighted by atomic mass is 10.4. The zero-order chi connectivity index (χ0) is 12.0. The Morgan fingerprint density at radius 1 is 1.36 bits per heavy atom. The molecule has 0 unspecified atom stereocenters. The highest BCUT2D eigenvalue weighted by molar-refractivity contribution is 5.69. The SMILES string of the molecule is C=CC=O.NC(N)=O.OCC(O)CO. The molecule has 7 nitrogen and oxygen atoms in total. The molecule has 0 aliphatic heterocycles. The van der Waals surface area contributed by atoms with E-state index in [0.717, 1.165) is 0 Å². The quantitative estimate of drug-likeness (QED) is 0.262. The third-order valence-electron chi connectivity index (χ3n) is 0.518. The third kappa shape index (κ3) is 76.2. The van der Waals surface area contributed by atoms with Crippen molar-refractivity contribution in [3.8, 4) is 0 Å². The van der Waals surface area contributed by atoms with Crippen molar-refractivity contribution in [2.24, 2.45) is 11.5 Å². The number of aliphatic hydroxyl groups is 3. The molecule has 0 saturated carbocycles. The maximum absolute atomic E-state index is 9.06. The summed E-state index contributed by atoms with van der Waals surface area (Å²) in [7, 11) is 0. The fourth-order valence-corrected chi connectivity index (χ4v) is 0.0577. The first kappa shape index (κ1) is 18.4. The van der Waals surface area contributed by atoms with Gasteiger partial charge in [-0.3, -0.25) is 4.79 Å². The summed E-state index contributed by atoms with van der Waals surface area (Å²) in [6.07, 6.45) is 0.880. The van der Waals surface area contributed by atoms with Crippen molar-refractivity contribution in [2.75, 3.05) is 13.2 Å². The molecule has 0 aromatic heterocycles. The molecule has 0 heterocycles. The van der Waals surface area contributed by atoms with E-state index in [2.05, 4.69) is 18.0 Å². The first-order valence-corrected chi connectivity index (χ1v) is 3.47. The lowest BCUT2D eigenvalue weighted by molar-refractivity contribution is -0.104. The van der Waals surface area contributed by atoms with Gasteiger partial charge in [0.2, 0.25) is 0 Å². The van der Waals surface area contributed by atoms with Crippen molar-refractivity contribution in [2.45, 2.75) is 6.10 Å². The molecule has 0 aliphatic carbocycles. The molecule has 0 atom stereocenters. The van der Waals surface area contributed by atoms with Crippen LogP contribution in [0.25, 0.3) is 0 Å². The van der Waals surface area contributed by atoms with Crippen molar-refractivity contribution >= 4 is 12.3 Å². The summed E-state index contributed by atoms with van der Waals surface area (Å²) in [5, 5.41) is 24.0. The Balaban J connectivity index is -0.000000135. The Bertz CT molecular complexity index is 137. The standard InChI is InChI=1S/C3H8O3.C3H4O.CH4N2O/c4-1-3(6)2-5;1-2-3-4;2-1(3)4/h3-6H,1-2H2;2-3H,1H2;(H4,2,3,4). The van der Waals surface area contributed by atoms with Crippen molar-refractivity contribution < 1.29 is 24.9 Å². The van der Waals surface area contributed by atoms with Gasteiger partial charge in [-0.05, 0) is 6.08 Å². The summed E-state index contributed by atoms with van der Waals surface area (Å²) in [6.45, 7) is 2.38. The van der Waals surface area contributed by atoms with Crippen molar-refractivity contribution in [3.05, 3.63) is 12.7 Å². The monoisotopic (exact) mass is 208 g/mol. The van der Waals surface area contributed by atoms with Crippen LogP contribution in [-0.4, -0.2) is 47.0 Å². The Labute approximate surface area is 81.6 Å². The van der Waals surface area contributed by atoms with E-state index >= 15 is 0 Å². The van der Waals surface area contributed by atoms with Gasteiger partial charge >= 0.3 is 6.03 Å². The van der Waals surface area contributed by atoms with Gasteiger partial charge in [0.1, 0.15) is 12.4 Å². The molecule has 0 aliphatic rings. The zero-order valence-corrected chi connectivity index (χ0v) is 7.67. The lowest BCUT2D eigenvalue weighted by Gasteiger charge is -1.96. The van der Waals surface area contributed by atoms with Gasteiger partial charge in [-0.15, -0.1) is 0 Å². The van der Waals surface area contributed by atoms with E-state index in [1.807, 2.05) is 0 Å². The Morgan fingerprint density at radius 2 is 1.57 bits per heavy atom.